The molecule has 0 aromatic heterocycles. The van der Waals surface area contributed by atoms with Crippen LogP contribution in [0.3, 0.4) is 0 Å². The summed E-state index contributed by atoms with van der Waals surface area (Å²) in [6.45, 7) is 3.96. The molecule has 1 aromatic carbocycles. The number of ether oxygens (including phenoxy) is 1. The monoisotopic (exact) mass is 265 g/mol. The molecule has 0 aliphatic heterocycles. The summed E-state index contributed by atoms with van der Waals surface area (Å²) in [4.78, 5) is 11.8. The Balaban J connectivity index is 2.15. The lowest BCUT2D eigenvalue weighted by molar-refractivity contribution is -0.144. The van der Waals surface area contributed by atoms with Crippen molar-refractivity contribution in [1.29, 1.82) is 0 Å². The molecule has 1 aliphatic rings. The second-order valence-electron chi connectivity index (χ2n) is 5.35. The highest BCUT2D eigenvalue weighted by Crippen LogP contribution is 2.32. The maximum Gasteiger partial charge on any atom is 0.323 e. The zero-order valence-corrected chi connectivity index (χ0v) is 11.6. The third-order valence-corrected chi connectivity index (χ3v) is 3.69. The molecule has 0 radical (unpaired) electrons. The third-order valence-electron chi connectivity index (χ3n) is 3.69. The van der Waals surface area contributed by atoms with E-state index >= 15 is 0 Å². The molecule has 1 aromatic rings. The van der Waals surface area contributed by atoms with Gasteiger partial charge in [0.25, 0.3) is 0 Å². The van der Waals surface area contributed by atoms with Gasteiger partial charge in [0.05, 0.1) is 7.11 Å². The molecule has 2 rings (SSSR count). The summed E-state index contributed by atoms with van der Waals surface area (Å²) in [7, 11) is 1.40. The van der Waals surface area contributed by atoms with Crippen molar-refractivity contribution >= 4 is 5.97 Å². The summed E-state index contributed by atoms with van der Waals surface area (Å²) in [5.74, 6) is -0.296. The van der Waals surface area contributed by atoms with Crippen molar-refractivity contribution in [2.24, 2.45) is 5.92 Å². The Morgan fingerprint density at radius 2 is 2.21 bits per heavy atom. The number of rotatable bonds is 4. The van der Waals surface area contributed by atoms with E-state index in [0.29, 0.717) is 0 Å². The molecule has 0 bridgehead atoms. The Morgan fingerprint density at radius 1 is 1.47 bits per heavy atom. The molecule has 1 unspecified atom stereocenters. The normalized spacial score (nSPS) is 19.3. The molecule has 1 aliphatic carbocycles. The average Bonchev–Trinajstić information content (AvgIpc) is 2.76. The van der Waals surface area contributed by atoms with Crippen LogP contribution in [0.4, 0.5) is 4.39 Å². The van der Waals surface area contributed by atoms with E-state index in [1.165, 1.54) is 13.2 Å². The van der Waals surface area contributed by atoms with Gasteiger partial charge in [-0.15, -0.1) is 0 Å². The van der Waals surface area contributed by atoms with Gasteiger partial charge in [-0.3, -0.25) is 10.1 Å². The summed E-state index contributed by atoms with van der Waals surface area (Å²) in [5.41, 5.74) is 2.13. The van der Waals surface area contributed by atoms with E-state index in [9.17, 15) is 9.18 Å². The zero-order valence-electron chi connectivity index (χ0n) is 11.6. The molecule has 0 heterocycles. The van der Waals surface area contributed by atoms with E-state index in [0.717, 1.165) is 24.0 Å². The van der Waals surface area contributed by atoms with E-state index < -0.39 is 0 Å². The number of carbonyl (C=O) groups is 1. The lowest BCUT2D eigenvalue weighted by atomic mass is 10.0. The topological polar surface area (TPSA) is 38.3 Å². The number of fused-ring (bicyclic) bond motifs is 1. The summed E-state index contributed by atoms with van der Waals surface area (Å²) in [6, 6.07) is 4.64. The van der Waals surface area contributed by atoms with Crippen LogP contribution < -0.4 is 5.32 Å². The van der Waals surface area contributed by atoms with E-state index in [-0.39, 0.29) is 29.8 Å². The van der Waals surface area contributed by atoms with Gasteiger partial charge >= 0.3 is 5.97 Å². The molecule has 3 nitrogen and oxygen atoms in total. The molecular formula is C15H20FNO2. The Hall–Kier alpha value is -1.42. The fourth-order valence-corrected chi connectivity index (χ4v) is 2.64. The van der Waals surface area contributed by atoms with Crippen molar-refractivity contribution in [3.8, 4) is 0 Å². The fraction of sp³-hybridized carbons (Fsp3) is 0.533. The van der Waals surface area contributed by atoms with Gasteiger partial charge in [0.2, 0.25) is 0 Å². The Kier molecular flexibility index (Phi) is 4.20. The molecular weight excluding hydrogens is 245 g/mol. The Morgan fingerprint density at radius 3 is 2.84 bits per heavy atom. The predicted molar refractivity (Wildman–Crippen MR) is 71.2 cm³/mol. The van der Waals surface area contributed by atoms with Crippen LogP contribution in [0.25, 0.3) is 0 Å². The van der Waals surface area contributed by atoms with Gasteiger partial charge in [-0.1, -0.05) is 19.9 Å². The number of carbonyl (C=O) groups excluding carboxylic acids is 1. The maximum atomic E-state index is 13.2. The average molecular weight is 265 g/mol. The van der Waals surface area contributed by atoms with Gasteiger partial charge in [0, 0.05) is 6.04 Å². The zero-order chi connectivity index (χ0) is 14.0. The number of aryl methyl sites for hydroxylation is 1. The first-order chi connectivity index (χ1) is 9.02. The van der Waals surface area contributed by atoms with Crippen LogP contribution in [-0.4, -0.2) is 19.1 Å². The number of esters is 1. The van der Waals surface area contributed by atoms with Crippen LogP contribution >= 0.6 is 0 Å². The van der Waals surface area contributed by atoms with Gasteiger partial charge in [0.1, 0.15) is 11.9 Å². The van der Waals surface area contributed by atoms with Crippen LogP contribution in [-0.2, 0) is 16.0 Å². The highest BCUT2D eigenvalue weighted by Gasteiger charge is 2.30. The maximum absolute atomic E-state index is 13.2. The van der Waals surface area contributed by atoms with Gasteiger partial charge in [-0.05, 0) is 42.0 Å². The second-order valence-corrected chi connectivity index (χ2v) is 5.35. The van der Waals surface area contributed by atoms with Crippen molar-refractivity contribution in [3.63, 3.8) is 0 Å². The quantitative estimate of drug-likeness (QED) is 0.850. The summed E-state index contributed by atoms with van der Waals surface area (Å²) in [5, 5.41) is 3.34. The van der Waals surface area contributed by atoms with Crippen molar-refractivity contribution in [2.45, 2.75) is 38.8 Å². The van der Waals surface area contributed by atoms with Crippen LogP contribution in [0.1, 0.15) is 37.4 Å². The number of hydrogen-bond donors (Lipinski definition) is 1. The van der Waals surface area contributed by atoms with Crippen LogP contribution in [0.5, 0.6) is 0 Å². The first kappa shape index (κ1) is 14.0. The third kappa shape index (κ3) is 2.95. The molecule has 0 amide bonds. The SMILES string of the molecule is COC(=O)[C@@H](NC1CCc2cc(F)ccc21)C(C)C. The molecule has 2 atom stereocenters. The molecule has 1 N–H and O–H groups in total. The molecule has 19 heavy (non-hydrogen) atoms. The van der Waals surface area contributed by atoms with Gasteiger partial charge in [-0.2, -0.15) is 0 Å². The van der Waals surface area contributed by atoms with Crippen molar-refractivity contribution < 1.29 is 13.9 Å². The molecule has 0 spiro atoms. The van der Waals surface area contributed by atoms with Crippen LogP contribution in [0, 0.1) is 11.7 Å². The van der Waals surface area contributed by atoms with Crippen LogP contribution in [0.2, 0.25) is 0 Å². The molecule has 104 valence electrons. The lowest BCUT2D eigenvalue weighted by Crippen LogP contribution is -2.43. The number of nitrogens with one attached hydrogen (secondary N) is 1. The van der Waals surface area contributed by atoms with E-state index in [1.54, 1.807) is 6.07 Å². The Bertz CT molecular complexity index is 473. The number of halogens is 1. The lowest BCUT2D eigenvalue weighted by Gasteiger charge is -2.24. The molecule has 4 heteroatoms. The number of hydrogen-bond acceptors (Lipinski definition) is 3. The number of methoxy groups -OCH3 is 1. The van der Waals surface area contributed by atoms with Gasteiger partial charge in [-0.25, -0.2) is 4.39 Å². The minimum atomic E-state index is -0.328. The summed E-state index contributed by atoms with van der Waals surface area (Å²) >= 11 is 0. The fourth-order valence-electron chi connectivity index (χ4n) is 2.64. The first-order valence-corrected chi connectivity index (χ1v) is 6.65. The summed E-state index contributed by atoms with van der Waals surface area (Å²) < 4.78 is 18.0. The largest absolute Gasteiger partial charge is 0.468 e. The van der Waals surface area contributed by atoms with E-state index in [1.807, 2.05) is 19.9 Å². The molecule has 0 fully saturated rings. The van der Waals surface area contributed by atoms with Crippen molar-refractivity contribution in [1.82, 2.24) is 5.32 Å². The molecule has 0 saturated heterocycles. The smallest absolute Gasteiger partial charge is 0.323 e. The first-order valence-electron chi connectivity index (χ1n) is 6.65. The standard InChI is InChI=1S/C15H20FNO2/c1-9(2)14(15(18)19-3)17-13-7-4-10-8-11(16)5-6-12(10)13/h5-6,8-9,13-14,17H,4,7H2,1-3H3/t13?,14-/m0/s1. The minimum absolute atomic E-state index is 0.0992. The predicted octanol–water partition coefficient (Wildman–Crippen LogP) is 2.60. The molecule has 0 saturated carbocycles. The highest BCUT2D eigenvalue weighted by molar-refractivity contribution is 5.76. The second kappa shape index (κ2) is 5.70. The van der Waals surface area contributed by atoms with Crippen molar-refractivity contribution in [3.05, 3.63) is 35.1 Å². The Labute approximate surface area is 113 Å². The van der Waals surface area contributed by atoms with Crippen LogP contribution in [0.15, 0.2) is 18.2 Å². The minimum Gasteiger partial charge on any atom is -0.468 e. The van der Waals surface area contributed by atoms with Crippen molar-refractivity contribution in [2.75, 3.05) is 7.11 Å². The van der Waals surface area contributed by atoms with E-state index in [2.05, 4.69) is 5.32 Å². The highest BCUT2D eigenvalue weighted by atomic mass is 19.1. The van der Waals surface area contributed by atoms with Gasteiger partial charge in [0.15, 0.2) is 0 Å². The van der Waals surface area contributed by atoms with Gasteiger partial charge < -0.3 is 4.74 Å². The summed E-state index contributed by atoms with van der Waals surface area (Å²) in [6.07, 6.45) is 1.73. The number of benzene rings is 1. The van der Waals surface area contributed by atoms with E-state index in [4.69, 9.17) is 4.74 Å².